The molecule has 0 aliphatic carbocycles. The molecule has 0 radical (unpaired) electrons. The third-order valence-electron chi connectivity index (χ3n) is 2.44. The molecular weight excluding hydrogens is 194 g/mol. The fourth-order valence-electron chi connectivity index (χ4n) is 2.30. The van der Waals surface area contributed by atoms with Gasteiger partial charge in [0.2, 0.25) is 0 Å². The number of hydrogen-bond acceptors (Lipinski definition) is 3. The topological polar surface area (TPSA) is 12.5 Å². The van der Waals surface area contributed by atoms with Gasteiger partial charge in [-0.3, -0.25) is 4.18 Å². The number of hydrogen-bond donors (Lipinski definition) is 0. The van der Waals surface area contributed by atoms with Crippen LogP contribution < -0.4 is 0 Å². The maximum atomic E-state index is 5.54. The largest absolute Gasteiger partial charge is 0.299 e. The van der Waals surface area contributed by atoms with Crippen molar-refractivity contribution in [1.82, 2.24) is 4.31 Å². The molecule has 1 aliphatic heterocycles. The first-order valence-electron chi connectivity index (χ1n) is 5.36. The Morgan fingerprint density at radius 3 is 2.43 bits per heavy atom. The smallest absolute Gasteiger partial charge is 0.0831 e. The van der Waals surface area contributed by atoms with E-state index in [1.807, 2.05) is 0 Å². The van der Waals surface area contributed by atoms with Gasteiger partial charge < -0.3 is 0 Å². The van der Waals surface area contributed by atoms with Gasteiger partial charge in [0.25, 0.3) is 0 Å². The van der Waals surface area contributed by atoms with Crippen molar-refractivity contribution in [1.29, 1.82) is 0 Å². The molecule has 1 saturated heterocycles. The first kappa shape index (κ1) is 12.3. The highest BCUT2D eigenvalue weighted by molar-refractivity contribution is 7.92. The second-order valence-corrected chi connectivity index (χ2v) is 6.65. The molecule has 0 amide bonds. The van der Waals surface area contributed by atoms with Gasteiger partial charge >= 0.3 is 0 Å². The molecule has 0 bridgehead atoms. The van der Waals surface area contributed by atoms with Gasteiger partial charge in [0.15, 0.2) is 0 Å². The zero-order valence-electron chi connectivity index (χ0n) is 10.3. The van der Waals surface area contributed by atoms with Gasteiger partial charge in [0.1, 0.15) is 0 Å². The van der Waals surface area contributed by atoms with Crippen molar-refractivity contribution in [3.8, 4) is 0 Å². The summed E-state index contributed by atoms with van der Waals surface area (Å²) in [4.78, 5) is 0. The Hall–Kier alpha value is 0.270. The average molecular weight is 217 g/mol. The Morgan fingerprint density at radius 2 is 2.00 bits per heavy atom. The second-order valence-electron chi connectivity index (χ2n) is 5.90. The Labute approximate surface area is 92.7 Å². The van der Waals surface area contributed by atoms with Crippen LogP contribution in [0.5, 0.6) is 0 Å². The summed E-state index contributed by atoms with van der Waals surface area (Å²) in [5, 5.41) is 0. The summed E-state index contributed by atoms with van der Waals surface area (Å²) in [6, 6.07) is 0. The molecule has 1 heterocycles. The van der Waals surface area contributed by atoms with Crippen LogP contribution in [0.25, 0.3) is 0 Å². The van der Waals surface area contributed by atoms with Crippen LogP contribution in [0.2, 0.25) is 0 Å². The van der Waals surface area contributed by atoms with Crippen molar-refractivity contribution in [2.24, 2.45) is 5.92 Å². The summed E-state index contributed by atoms with van der Waals surface area (Å²) in [5.41, 5.74) is 0.363. The zero-order valence-corrected chi connectivity index (χ0v) is 11.1. The minimum atomic E-state index is 0.171. The quantitative estimate of drug-likeness (QED) is 0.519. The van der Waals surface area contributed by atoms with Gasteiger partial charge in [-0.25, -0.2) is 4.31 Å². The lowest BCUT2D eigenvalue weighted by molar-refractivity contribution is 0.105. The maximum Gasteiger partial charge on any atom is 0.0831 e. The van der Waals surface area contributed by atoms with E-state index in [9.17, 15) is 0 Å². The number of rotatable bonds is 2. The van der Waals surface area contributed by atoms with Gasteiger partial charge in [-0.2, -0.15) is 0 Å². The molecule has 0 aromatic rings. The molecule has 3 heteroatoms. The van der Waals surface area contributed by atoms with E-state index in [0.29, 0.717) is 5.92 Å². The highest BCUT2D eigenvalue weighted by Crippen LogP contribution is 2.42. The summed E-state index contributed by atoms with van der Waals surface area (Å²) in [6.45, 7) is 14.4. The first-order chi connectivity index (χ1) is 6.26. The predicted molar refractivity (Wildman–Crippen MR) is 63.0 cm³/mol. The van der Waals surface area contributed by atoms with E-state index >= 15 is 0 Å². The van der Waals surface area contributed by atoms with E-state index in [-0.39, 0.29) is 11.1 Å². The molecule has 1 fully saturated rings. The van der Waals surface area contributed by atoms with Crippen molar-refractivity contribution < 1.29 is 4.18 Å². The molecule has 1 atom stereocenters. The third kappa shape index (κ3) is 2.65. The van der Waals surface area contributed by atoms with Crippen LogP contribution in [-0.4, -0.2) is 22.0 Å². The second kappa shape index (κ2) is 4.03. The van der Waals surface area contributed by atoms with Gasteiger partial charge in [0.05, 0.1) is 24.4 Å². The van der Waals surface area contributed by atoms with E-state index in [1.165, 1.54) is 18.6 Å². The Morgan fingerprint density at radius 1 is 1.43 bits per heavy atom. The summed E-state index contributed by atoms with van der Waals surface area (Å²) < 4.78 is 7.95. The van der Waals surface area contributed by atoms with Crippen LogP contribution in [0.4, 0.5) is 0 Å². The van der Waals surface area contributed by atoms with Crippen LogP contribution in [0.1, 0.15) is 48.0 Å². The molecule has 0 aromatic carbocycles. The Kier molecular flexibility index (Phi) is 3.55. The van der Waals surface area contributed by atoms with Crippen molar-refractivity contribution in [2.45, 2.75) is 59.0 Å². The van der Waals surface area contributed by atoms with Crippen molar-refractivity contribution in [3.05, 3.63) is 0 Å². The van der Waals surface area contributed by atoms with E-state index in [0.717, 1.165) is 6.61 Å². The van der Waals surface area contributed by atoms with Crippen molar-refractivity contribution >= 4 is 12.2 Å². The van der Waals surface area contributed by atoms with Crippen molar-refractivity contribution in [3.63, 3.8) is 0 Å². The van der Waals surface area contributed by atoms with Gasteiger partial charge in [-0.05, 0) is 40.0 Å². The molecular formula is C11H23NOS. The molecule has 14 heavy (non-hydrogen) atoms. The summed E-state index contributed by atoms with van der Waals surface area (Å²) in [7, 11) is 0. The molecule has 84 valence electrons. The summed E-state index contributed by atoms with van der Waals surface area (Å²) in [5.74, 6) is 0.715. The lowest BCUT2D eigenvalue weighted by atomic mass is 9.89. The minimum Gasteiger partial charge on any atom is -0.299 e. The number of nitrogens with zero attached hydrogens (tertiary/aromatic N) is 1. The fourth-order valence-corrected chi connectivity index (χ4v) is 3.24. The standard InChI is InChI=1S/C11H23NOS/c1-9(2)7-11(6)8-13-14-12(11)10(3,4)5/h9H,7-8H2,1-6H3/t11-/m0/s1. The van der Waals surface area contributed by atoms with Gasteiger partial charge in [0, 0.05) is 5.54 Å². The van der Waals surface area contributed by atoms with E-state index in [2.05, 4.69) is 45.8 Å². The molecule has 1 aliphatic rings. The normalized spacial score (nSPS) is 30.2. The highest BCUT2D eigenvalue weighted by atomic mass is 32.2. The lowest BCUT2D eigenvalue weighted by Gasteiger charge is -2.41. The maximum absolute atomic E-state index is 5.54. The monoisotopic (exact) mass is 217 g/mol. The van der Waals surface area contributed by atoms with Gasteiger partial charge in [-0.1, -0.05) is 13.8 Å². The lowest BCUT2D eigenvalue weighted by Crippen LogP contribution is -2.50. The Bertz CT molecular complexity index is 200. The van der Waals surface area contributed by atoms with Crippen LogP contribution in [0, 0.1) is 5.92 Å². The highest BCUT2D eigenvalue weighted by Gasteiger charge is 2.44. The fraction of sp³-hybridized carbons (Fsp3) is 1.00. The van der Waals surface area contributed by atoms with E-state index in [4.69, 9.17) is 4.18 Å². The van der Waals surface area contributed by atoms with Crippen LogP contribution in [-0.2, 0) is 4.18 Å². The van der Waals surface area contributed by atoms with Crippen LogP contribution in [0.15, 0.2) is 0 Å². The van der Waals surface area contributed by atoms with Gasteiger partial charge in [-0.15, -0.1) is 0 Å². The predicted octanol–water partition coefficient (Wildman–Crippen LogP) is 3.49. The molecule has 0 saturated carbocycles. The van der Waals surface area contributed by atoms with Crippen molar-refractivity contribution in [2.75, 3.05) is 6.61 Å². The van der Waals surface area contributed by atoms with E-state index < -0.39 is 0 Å². The molecule has 0 N–H and O–H groups in total. The first-order valence-corrected chi connectivity index (χ1v) is 6.05. The minimum absolute atomic E-state index is 0.171. The van der Waals surface area contributed by atoms with Crippen LogP contribution >= 0.6 is 12.2 Å². The summed E-state index contributed by atoms with van der Waals surface area (Å²) in [6.07, 6.45) is 1.19. The Balaban J connectivity index is 2.76. The molecule has 1 rings (SSSR count). The third-order valence-corrected chi connectivity index (χ3v) is 3.81. The van der Waals surface area contributed by atoms with E-state index in [1.54, 1.807) is 0 Å². The molecule has 0 spiro atoms. The molecule has 0 unspecified atom stereocenters. The molecule has 2 nitrogen and oxygen atoms in total. The SMILES string of the molecule is CC(C)C[C@@]1(C)COSN1C(C)(C)C. The average Bonchev–Trinajstić information content (AvgIpc) is 2.27. The summed E-state index contributed by atoms with van der Waals surface area (Å²) >= 11 is 1.53. The van der Waals surface area contributed by atoms with Crippen LogP contribution in [0.3, 0.4) is 0 Å². The molecule has 0 aromatic heterocycles. The zero-order chi connectivity index (χ0) is 11.0.